The third-order valence-electron chi connectivity index (χ3n) is 4.20. The second kappa shape index (κ2) is 8.73. The minimum absolute atomic E-state index is 0.0176. The van der Waals surface area contributed by atoms with Crippen LogP contribution in [0.5, 0.6) is 0 Å². The summed E-state index contributed by atoms with van der Waals surface area (Å²) in [7, 11) is -3.92. The molecule has 164 valence electrons. The molecule has 1 amide bonds. The van der Waals surface area contributed by atoms with E-state index in [1.165, 1.54) is 10.7 Å². The number of hydrogen-bond donors (Lipinski definition) is 1. The summed E-state index contributed by atoms with van der Waals surface area (Å²) >= 11 is 0.912. The molecule has 3 aromatic rings. The lowest BCUT2D eigenvalue weighted by Crippen LogP contribution is -2.26. The summed E-state index contributed by atoms with van der Waals surface area (Å²) in [6, 6.07) is 13.0. The first-order valence-corrected chi connectivity index (χ1v) is 11.3. The molecule has 0 radical (unpaired) electrons. The number of rotatable bonds is 5. The van der Waals surface area contributed by atoms with Crippen LogP contribution in [0.15, 0.2) is 58.4 Å². The van der Waals surface area contributed by atoms with Crippen LogP contribution in [0.2, 0.25) is 0 Å². The van der Waals surface area contributed by atoms with Crippen molar-refractivity contribution in [3.63, 3.8) is 0 Å². The minimum atomic E-state index is -5.06. The smallest absolute Gasteiger partial charge is 0.262 e. The molecular weight excluding hydrogens is 453 g/mol. The van der Waals surface area contributed by atoms with E-state index in [0.717, 1.165) is 11.3 Å². The highest BCUT2D eigenvalue weighted by Gasteiger charge is 2.38. The molecule has 0 saturated heterocycles. The number of amides is 1. The van der Waals surface area contributed by atoms with Crippen LogP contribution in [-0.2, 0) is 27.8 Å². The maximum atomic E-state index is 12.6. The molecule has 3 rings (SSSR count). The lowest BCUT2D eigenvalue weighted by Gasteiger charge is -2.09. The van der Waals surface area contributed by atoms with Crippen LogP contribution in [-0.4, -0.2) is 30.3 Å². The first-order valence-electron chi connectivity index (χ1n) is 8.93. The van der Waals surface area contributed by atoms with Crippen LogP contribution < -0.4 is 9.94 Å². The number of carbonyl (C=O) groups excluding carboxylic acids is 1. The van der Waals surface area contributed by atoms with Crippen molar-refractivity contribution in [2.45, 2.75) is 31.0 Å². The number of benzene rings is 2. The Morgan fingerprint density at radius 2 is 1.81 bits per heavy atom. The Morgan fingerprint density at radius 3 is 2.39 bits per heavy atom. The van der Waals surface area contributed by atoms with E-state index in [1.807, 2.05) is 0 Å². The molecule has 0 spiro atoms. The minimum Gasteiger partial charge on any atom is -0.262 e. The molecule has 0 atom stereocenters. The first-order chi connectivity index (χ1) is 14.5. The van der Waals surface area contributed by atoms with Gasteiger partial charge in [-0.2, -0.15) is 23.3 Å². The van der Waals surface area contributed by atoms with Crippen LogP contribution in [0.4, 0.5) is 13.2 Å². The molecule has 1 heterocycles. The van der Waals surface area contributed by atoms with Gasteiger partial charge in [-0.3, -0.25) is 4.79 Å². The van der Waals surface area contributed by atoms with Crippen molar-refractivity contribution < 1.29 is 26.4 Å². The maximum absolute atomic E-state index is 12.6. The first kappa shape index (κ1) is 22.8. The highest BCUT2D eigenvalue weighted by Crippen LogP contribution is 2.26. The maximum Gasteiger partial charge on any atom is 0.473 e. The van der Waals surface area contributed by atoms with Crippen molar-refractivity contribution in [3.8, 4) is 11.1 Å². The number of nitrogens with zero attached hydrogens (tertiary/aromatic N) is 3. The third kappa shape index (κ3) is 5.46. The van der Waals surface area contributed by atoms with Crippen molar-refractivity contribution in [1.29, 1.82) is 0 Å². The van der Waals surface area contributed by atoms with E-state index < -0.39 is 22.1 Å². The molecule has 0 aliphatic rings. The van der Waals surface area contributed by atoms with Gasteiger partial charge in [-0.1, -0.05) is 60.7 Å². The summed E-state index contributed by atoms with van der Waals surface area (Å²) in [4.78, 5) is 14.3. The lowest BCUT2D eigenvalue weighted by molar-refractivity contribution is -0.169. The molecular formula is C19H17F3N4O3S2. The Kier molecular flexibility index (Phi) is 6.43. The number of carbonyl (C=O) groups is 1. The predicted molar refractivity (Wildman–Crippen MR) is 108 cm³/mol. The number of sulfonamides is 1. The van der Waals surface area contributed by atoms with E-state index >= 15 is 0 Å². The third-order valence-corrected chi connectivity index (χ3v) is 6.25. The highest BCUT2D eigenvalue weighted by molar-refractivity contribution is 7.89. The van der Waals surface area contributed by atoms with Crippen LogP contribution in [0, 0.1) is 0 Å². The van der Waals surface area contributed by atoms with E-state index in [0.29, 0.717) is 28.1 Å². The standard InChI is InChI=1S/C19H17F3N4O3S2/c1-2-16-25-26(18(30-16)24-17(27)19(20,21)22)11-12-7-9-13(10-8-12)14-5-3-4-6-15(14)31(23,28)29/h3-10H,2,11H2,1H3,(H2,23,28,29). The SMILES string of the molecule is CCc1nn(Cc2ccc(-c3ccccc3S(N)(=O)=O)cc2)c(=NC(=O)C(F)(F)F)s1. The fourth-order valence-electron chi connectivity index (χ4n) is 2.75. The molecule has 31 heavy (non-hydrogen) atoms. The molecule has 0 bridgehead atoms. The van der Waals surface area contributed by atoms with Crippen molar-refractivity contribution in [1.82, 2.24) is 9.78 Å². The normalized spacial score (nSPS) is 12.9. The molecule has 0 aliphatic heterocycles. The number of halogens is 3. The molecule has 2 N–H and O–H groups in total. The summed E-state index contributed by atoms with van der Waals surface area (Å²) in [5.74, 6) is -2.19. The van der Waals surface area contributed by atoms with E-state index in [9.17, 15) is 26.4 Å². The zero-order valence-electron chi connectivity index (χ0n) is 16.1. The van der Waals surface area contributed by atoms with Gasteiger partial charge in [0.1, 0.15) is 5.01 Å². The van der Waals surface area contributed by atoms with Gasteiger partial charge in [0.25, 0.3) is 0 Å². The molecule has 2 aromatic carbocycles. The van der Waals surface area contributed by atoms with Crippen molar-refractivity contribution in [2.24, 2.45) is 10.1 Å². The number of aromatic nitrogens is 2. The van der Waals surface area contributed by atoms with Gasteiger partial charge < -0.3 is 0 Å². The van der Waals surface area contributed by atoms with Gasteiger partial charge in [0, 0.05) is 5.56 Å². The van der Waals surface area contributed by atoms with Crippen LogP contribution in [0.3, 0.4) is 0 Å². The number of nitrogens with two attached hydrogens (primary N) is 1. The molecule has 1 aromatic heterocycles. The van der Waals surface area contributed by atoms with Gasteiger partial charge in [-0.05, 0) is 23.6 Å². The fourth-order valence-corrected chi connectivity index (χ4v) is 4.34. The second-order valence-corrected chi connectivity index (χ2v) is 9.01. The highest BCUT2D eigenvalue weighted by atomic mass is 32.2. The van der Waals surface area contributed by atoms with Crippen molar-refractivity contribution >= 4 is 27.3 Å². The number of primary sulfonamides is 1. The predicted octanol–water partition coefficient (Wildman–Crippen LogP) is 2.86. The summed E-state index contributed by atoms with van der Waals surface area (Å²) < 4.78 is 62.6. The quantitative estimate of drug-likeness (QED) is 0.619. The Bertz CT molecular complexity index is 1280. The van der Waals surface area contributed by atoms with Gasteiger partial charge in [0.2, 0.25) is 14.8 Å². The van der Waals surface area contributed by atoms with E-state index in [4.69, 9.17) is 5.14 Å². The fraction of sp³-hybridized carbons (Fsp3) is 0.211. The zero-order valence-corrected chi connectivity index (χ0v) is 17.8. The summed E-state index contributed by atoms with van der Waals surface area (Å²) in [5, 5.41) is 10.0. The van der Waals surface area contributed by atoms with Gasteiger partial charge >= 0.3 is 12.1 Å². The molecule has 7 nitrogen and oxygen atoms in total. The lowest BCUT2D eigenvalue weighted by atomic mass is 10.0. The molecule has 0 saturated carbocycles. The van der Waals surface area contributed by atoms with Gasteiger partial charge in [0.15, 0.2) is 0 Å². The monoisotopic (exact) mass is 470 g/mol. The number of alkyl halides is 3. The summed E-state index contributed by atoms with van der Waals surface area (Å²) in [6.07, 6.45) is -4.59. The summed E-state index contributed by atoms with van der Waals surface area (Å²) in [5.41, 5.74) is 1.70. The van der Waals surface area contributed by atoms with Gasteiger partial charge in [0.05, 0.1) is 11.4 Å². The van der Waals surface area contributed by atoms with Gasteiger partial charge in [-0.25, -0.2) is 18.2 Å². The Morgan fingerprint density at radius 1 is 1.16 bits per heavy atom. The zero-order chi connectivity index (χ0) is 22.8. The summed E-state index contributed by atoms with van der Waals surface area (Å²) in [6.45, 7) is 1.87. The molecule has 0 aliphatic carbocycles. The van der Waals surface area contributed by atoms with Crippen molar-refractivity contribution in [2.75, 3.05) is 0 Å². The largest absolute Gasteiger partial charge is 0.473 e. The second-order valence-electron chi connectivity index (χ2n) is 6.44. The Labute approximate surface area is 179 Å². The Balaban J connectivity index is 1.94. The average Bonchev–Trinajstić information content (AvgIpc) is 3.08. The van der Waals surface area contributed by atoms with E-state index in [1.54, 1.807) is 49.4 Å². The van der Waals surface area contributed by atoms with Crippen LogP contribution in [0.25, 0.3) is 11.1 Å². The Hall–Kier alpha value is -2.83. The van der Waals surface area contributed by atoms with Gasteiger partial charge in [-0.15, -0.1) is 0 Å². The molecule has 0 unspecified atom stereocenters. The number of hydrogen-bond acceptors (Lipinski definition) is 5. The van der Waals surface area contributed by atoms with E-state index in [2.05, 4.69) is 10.1 Å². The number of aryl methyl sites for hydroxylation is 1. The van der Waals surface area contributed by atoms with Crippen LogP contribution >= 0.6 is 11.3 Å². The van der Waals surface area contributed by atoms with Crippen molar-refractivity contribution in [3.05, 3.63) is 63.9 Å². The van der Waals surface area contributed by atoms with E-state index in [-0.39, 0.29) is 16.2 Å². The average molecular weight is 470 g/mol. The van der Waals surface area contributed by atoms with Crippen LogP contribution in [0.1, 0.15) is 17.5 Å². The molecule has 0 fully saturated rings. The topological polar surface area (TPSA) is 107 Å². The molecule has 12 heteroatoms.